The molecule has 0 aromatic carbocycles. The van der Waals surface area contributed by atoms with Crippen LogP contribution in [0.3, 0.4) is 0 Å². The van der Waals surface area contributed by atoms with E-state index in [1.165, 1.54) is 0 Å². The first kappa shape index (κ1) is 12.6. The van der Waals surface area contributed by atoms with Crippen molar-refractivity contribution in [1.82, 2.24) is 0 Å². The first-order valence-electron chi connectivity index (χ1n) is 4.64. The lowest BCUT2D eigenvalue weighted by Gasteiger charge is -2.17. The van der Waals surface area contributed by atoms with Crippen molar-refractivity contribution in [2.75, 3.05) is 19.8 Å². The largest absolute Gasteiger partial charge is 0.376 e. The standard InChI is InChI=1S/C5H8O3.C5H11/c6-3-5-4-7-1-2-8-5;1-4-5(2)3/h3,5H,1-2,4H2;5H,1,4H2,2-3H3. The topological polar surface area (TPSA) is 35.5 Å². The van der Waals surface area contributed by atoms with Crippen LogP contribution in [0.1, 0.15) is 20.3 Å². The molecule has 1 heterocycles. The maximum absolute atomic E-state index is 9.95. The van der Waals surface area contributed by atoms with Gasteiger partial charge >= 0.3 is 0 Å². The van der Waals surface area contributed by atoms with Crippen molar-refractivity contribution >= 4 is 6.29 Å². The van der Waals surface area contributed by atoms with E-state index in [0.717, 1.165) is 18.6 Å². The van der Waals surface area contributed by atoms with Crippen molar-refractivity contribution in [2.45, 2.75) is 26.4 Å². The first-order chi connectivity index (χ1) is 6.20. The van der Waals surface area contributed by atoms with Gasteiger partial charge in [-0.05, 0) is 5.92 Å². The van der Waals surface area contributed by atoms with E-state index in [1.54, 1.807) is 0 Å². The summed E-state index contributed by atoms with van der Waals surface area (Å²) in [6.07, 6.45) is 1.50. The van der Waals surface area contributed by atoms with E-state index in [4.69, 9.17) is 9.47 Å². The summed E-state index contributed by atoms with van der Waals surface area (Å²) < 4.78 is 9.85. The Morgan fingerprint density at radius 1 is 1.54 bits per heavy atom. The first-order valence-corrected chi connectivity index (χ1v) is 4.64. The SMILES string of the molecule is O=CC1COCCO1.[CH2]CC(C)C. The highest BCUT2D eigenvalue weighted by Gasteiger charge is 2.11. The van der Waals surface area contributed by atoms with Gasteiger partial charge < -0.3 is 14.3 Å². The molecule has 0 aromatic heterocycles. The van der Waals surface area contributed by atoms with Crippen molar-refractivity contribution in [3.63, 3.8) is 0 Å². The van der Waals surface area contributed by atoms with Crippen LogP contribution >= 0.6 is 0 Å². The van der Waals surface area contributed by atoms with Gasteiger partial charge in [-0.3, -0.25) is 0 Å². The minimum atomic E-state index is -0.316. The predicted molar refractivity (Wildman–Crippen MR) is 51.4 cm³/mol. The quantitative estimate of drug-likeness (QED) is 0.614. The van der Waals surface area contributed by atoms with Crippen LogP contribution in [0.5, 0.6) is 0 Å². The fourth-order valence-corrected chi connectivity index (χ4v) is 0.585. The zero-order chi connectivity index (χ0) is 10.1. The van der Waals surface area contributed by atoms with E-state index in [9.17, 15) is 4.79 Å². The zero-order valence-corrected chi connectivity index (χ0v) is 8.49. The Balaban J connectivity index is 0.000000252. The number of hydrogen-bond donors (Lipinski definition) is 0. The molecule has 0 bridgehead atoms. The van der Waals surface area contributed by atoms with Gasteiger partial charge in [-0.15, -0.1) is 0 Å². The Bertz CT molecular complexity index is 117. The van der Waals surface area contributed by atoms with Gasteiger partial charge in [-0.1, -0.05) is 27.2 Å². The van der Waals surface area contributed by atoms with Gasteiger partial charge in [0, 0.05) is 0 Å². The van der Waals surface area contributed by atoms with Crippen molar-refractivity contribution in [1.29, 1.82) is 0 Å². The second-order valence-corrected chi connectivity index (χ2v) is 3.30. The molecule has 3 nitrogen and oxygen atoms in total. The van der Waals surface area contributed by atoms with Crippen molar-refractivity contribution < 1.29 is 14.3 Å². The Morgan fingerprint density at radius 3 is 2.38 bits per heavy atom. The molecule has 1 rings (SSSR count). The molecule has 0 aromatic rings. The predicted octanol–water partition coefficient (Wildman–Crippen LogP) is 1.47. The molecule has 0 aliphatic carbocycles. The van der Waals surface area contributed by atoms with Crippen molar-refractivity contribution in [2.24, 2.45) is 5.92 Å². The fraction of sp³-hybridized carbons (Fsp3) is 0.800. The molecule has 1 aliphatic rings. The third-order valence-electron chi connectivity index (χ3n) is 1.57. The van der Waals surface area contributed by atoms with Gasteiger partial charge in [0.2, 0.25) is 0 Å². The lowest BCUT2D eigenvalue weighted by atomic mass is 10.2. The van der Waals surface area contributed by atoms with Gasteiger partial charge in [0.15, 0.2) is 6.29 Å². The zero-order valence-electron chi connectivity index (χ0n) is 8.49. The highest BCUT2D eigenvalue weighted by molar-refractivity contribution is 5.56. The average Bonchev–Trinajstić information content (AvgIpc) is 2.20. The van der Waals surface area contributed by atoms with Crippen LogP contribution in [0.4, 0.5) is 0 Å². The van der Waals surface area contributed by atoms with E-state index < -0.39 is 0 Å². The molecule has 77 valence electrons. The minimum absolute atomic E-state index is 0.316. The fourth-order valence-electron chi connectivity index (χ4n) is 0.585. The monoisotopic (exact) mass is 187 g/mol. The normalized spacial score (nSPS) is 22.0. The molecule has 1 aliphatic heterocycles. The Morgan fingerprint density at radius 2 is 2.15 bits per heavy atom. The average molecular weight is 187 g/mol. The van der Waals surface area contributed by atoms with E-state index in [2.05, 4.69) is 20.8 Å². The van der Waals surface area contributed by atoms with E-state index in [0.29, 0.717) is 19.8 Å². The second-order valence-electron chi connectivity index (χ2n) is 3.30. The smallest absolute Gasteiger partial charge is 0.151 e. The molecular formula is C10H19O3. The Hall–Kier alpha value is -0.410. The number of hydrogen-bond acceptors (Lipinski definition) is 3. The Labute approximate surface area is 80.4 Å². The lowest BCUT2D eigenvalue weighted by molar-refractivity contribution is -0.133. The minimum Gasteiger partial charge on any atom is -0.376 e. The lowest BCUT2D eigenvalue weighted by Crippen LogP contribution is -2.29. The molecule has 1 unspecified atom stereocenters. The molecule has 0 amide bonds. The van der Waals surface area contributed by atoms with E-state index in [1.807, 2.05) is 0 Å². The van der Waals surface area contributed by atoms with Crippen LogP contribution < -0.4 is 0 Å². The Kier molecular flexibility index (Phi) is 7.94. The number of carbonyl (C=O) groups excluding carboxylic acids is 1. The maximum atomic E-state index is 9.95. The molecule has 1 radical (unpaired) electrons. The van der Waals surface area contributed by atoms with Gasteiger partial charge in [0.1, 0.15) is 6.10 Å². The third kappa shape index (κ3) is 7.94. The molecule has 1 fully saturated rings. The summed E-state index contributed by atoms with van der Waals surface area (Å²) in [6.45, 7) is 9.59. The highest BCUT2D eigenvalue weighted by atomic mass is 16.6. The number of carbonyl (C=O) groups is 1. The molecule has 0 saturated carbocycles. The molecular weight excluding hydrogens is 168 g/mol. The summed E-state index contributed by atoms with van der Waals surface area (Å²) in [5.41, 5.74) is 0. The molecule has 0 spiro atoms. The summed E-state index contributed by atoms with van der Waals surface area (Å²) in [7, 11) is 0. The van der Waals surface area contributed by atoms with Crippen molar-refractivity contribution in [3.8, 4) is 0 Å². The van der Waals surface area contributed by atoms with Gasteiger partial charge in [-0.2, -0.15) is 0 Å². The summed E-state index contributed by atoms with van der Waals surface area (Å²) in [4.78, 5) is 9.95. The van der Waals surface area contributed by atoms with Crippen LogP contribution in [0.15, 0.2) is 0 Å². The van der Waals surface area contributed by atoms with Crippen LogP contribution in [0.25, 0.3) is 0 Å². The molecule has 0 N–H and O–H groups in total. The van der Waals surface area contributed by atoms with Gasteiger partial charge in [0.25, 0.3) is 0 Å². The third-order valence-corrected chi connectivity index (χ3v) is 1.57. The van der Waals surface area contributed by atoms with Gasteiger partial charge in [0.05, 0.1) is 19.8 Å². The van der Waals surface area contributed by atoms with E-state index >= 15 is 0 Å². The van der Waals surface area contributed by atoms with Gasteiger partial charge in [-0.25, -0.2) is 0 Å². The summed E-state index contributed by atoms with van der Waals surface area (Å²) in [6, 6.07) is 0. The molecule has 1 saturated heterocycles. The summed E-state index contributed by atoms with van der Waals surface area (Å²) >= 11 is 0. The molecule has 1 atom stereocenters. The van der Waals surface area contributed by atoms with E-state index in [-0.39, 0.29) is 6.10 Å². The van der Waals surface area contributed by atoms with Crippen molar-refractivity contribution in [3.05, 3.63) is 6.92 Å². The van der Waals surface area contributed by atoms with Crippen LogP contribution in [0.2, 0.25) is 0 Å². The van der Waals surface area contributed by atoms with Crippen LogP contribution in [-0.2, 0) is 14.3 Å². The van der Waals surface area contributed by atoms with Crippen LogP contribution in [-0.4, -0.2) is 32.2 Å². The molecule has 13 heavy (non-hydrogen) atoms. The summed E-state index contributed by atoms with van der Waals surface area (Å²) in [5, 5.41) is 0. The number of rotatable bonds is 2. The number of ether oxygens (including phenoxy) is 2. The maximum Gasteiger partial charge on any atom is 0.151 e. The highest BCUT2D eigenvalue weighted by Crippen LogP contribution is 1.95. The van der Waals surface area contributed by atoms with Crippen LogP contribution in [0, 0.1) is 12.8 Å². The molecule has 3 heteroatoms. The second kappa shape index (κ2) is 8.20. The number of aldehydes is 1. The summed E-state index contributed by atoms with van der Waals surface area (Å²) in [5.74, 6) is 0.773.